The molecule has 13 heavy (non-hydrogen) atoms. The van der Waals surface area contributed by atoms with Crippen LogP contribution in [0.2, 0.25) is 0 Å². The van der Waals surface area contributed by atoms with Gasteiger partial charge in [0.2, 0.25) is 0 Å². The first-order valence-corrected chi connectivity index (χ1v) is 3.21. The second-order valence-electron chi connectivity index (χ2n) is 2.07. The fraction of sp³-hybridized carbons (Fsp3) is 0. The molecule has 0 radical (unpaired) electrons. The third-order valence-corrected chi connectivity index (χ3v) is 1.23. The van der Waals surface area contributed by atoms with Gasteiger partial charge in [-0.2, -0.15) is 0 Å². The van der Waals surface area contributed by atoms with Crippen LogP contribution in [0.4, 0.5) is 9.18 Å². The molecule has 1 rings (SSSR count). The Morgan fingerprint density at radius 1 is 1.62 bits per heavy atom. The Kier molecular flexibility index (Phi) is 2.53. The molecular formula is C7H5FN2O3. The summed E-state index contributed by atoms with van der Waals surface area (Å²) < 4.78 is 17.1. The molecule has 68 valence electrons. The van der Waals surface area contributed by atoms with Gasteiger partial charge in [-0.05, 0) is 0 Å². The van der Waals surface area contributed by atoms with E-state index < -0.39 is 11.9 Å². The van der Waals surface area contributed by atoms with Crippen LogP contribution in [0.25, 0.3) is 0 Å². The highest BCUT2D eigenvalue weighted by molar-refractivity contribution is 5.81. The van der Waals surface area contributed by atoms with Crippen LogP contribution in [-0.2, 0) is 0 Å². The molecule has 0 atom stereocenters. The van der Waals surface area contributed by atoms with Gasteiger partial charge in [0.1, 0.15) is 0 Å². The van der Waals surface area contributed by atoms with E-state index in [2.05, 4.69) is 15.5 Å². The van der Waals surface area contributed by atoms with E-state index >= 15 is 0 Å². The number of halogens is 1. The minimum Gasteiger partial charge on any atom is -0.408 e. The van der Waals surface area contributed by atoms with Crippen LogP contribution in [0.3, 0.4) is 0 Å². The van der Waals surface area contributed by atoms with Crippen LogP contribution in [0.5, 0.6) is 5.75 Å². The van der Waals surface area contributed by atoms with Gasteiger partial charge < -0.3 is 10.5 Å². The molecule has 0 saturated heterocycles. The van der Waals surface area contributed by atoms with Crippen molar-refractivity contribution < 1.29 is 18.7 Å². The lowest BCUT2D eigenvalue weighted by Gasteiger charge is -2.02. The first-order chi connectivity index (χ1) is 6.15. The van der Waals surface area contributed by atoms with E-state index in [9.17, 15) is 14.0 Å². The second-order valence-corrected chi connectivity index (χ2v) is 2.07. The Bertz CT molecular complexity index is 354. The first-order valence-electron chi connectivity index (χ1n) is 3.21. The van der Waals surface area contributed by atoms with Crippen LogP contribution >= 0.6 is 0 Å². The number of aldehydes is 1. The fourth-order valence-electron chi connectivity index (χ4n) is 0.731. The third-order valence-electron chi connectivity index (χ3n) is 1.23. The predicted octanol–water partition coefficient (Wildman–Crippen LogP) is 0.491. The van der Waals surface area contributed by atoms with Gasteiger partial charge in [0.15, 0.2) is 17.9 Å². The summed E-state index contributed by atoms with van der Waals surface area (Å²) in [6.45, 7) is 0. The summed E-state index contributed by atoms with van der Waals surface area (Å²) in [5, 5.41) is 0. The lowest BCUT2D eigenvalue weighted by Crippen LogP contribution is -2.17. The highest BCUT2D eigenvalue weighted by Crippen LogP contribution is 2.17. The van der Waals surface area contributed by atoms with Crippen molar-refractivity contribution in [2.24, 2.45) is 5.73 Å². The summed E-state index contributed by atoms with van der Waals surface area (Å²) in [5.41, 5.74) is 4.29. The topological polar surface area (TPSA) is 82.3 Å². The number of pyridine rings is 1. The molecule has 0 aliphatic carbocycles. The molecule has 0 aliphatic rings. The highest BCUT2D eigenvalue weighted by Gasteiger charge is 2.11. The standard InChI is InChI=1S/C7H5FN2O3/c8-5-1-10-2-6(4(5)3-11)13-7(9)12/h1-3H,(H2,9,12). The number of carbonyl (C=O) groups is 2. The Hall–Kier alpha value is -1.98. The zero-order chi connectivity index (χ0) is 9.84. The number of primary amides is 1. The number of aromatic nitrogens is 1. The number of nitrogens with zero attached hydrogens (tertiary/aromatic N) is 1. The van der Waals surface area contributed by atoms with Gasteiger partial charge in [0, 0.05) is 0 Å². The quantitative estimate of drug-likeness (QED) is 0.678. The number of carbonyl (C=O) groups excluding carboxylic acids is 2. The van der Waals surface area contributed by atoms with Gasteiger partial charge >= 0.3 is 6.09 Å². The van der Waals surface area contributed by atoms with E-state index in [1.54, 1.807) is 0 Å². The smallest absolute Gasteiger partial charge is 0.408 e. The van der Waals surface area contributed by atoms with Gasteiger partial charge in [0.25, 0.3) is 0 Å². The van der Waals surface area contributed by atoms with E-state index in [1.807, 2.05) is 0 Å². The number of rotatable bonds is 2. The van der Waals surface area contributed by atoms with Crippen molar-refractivity contribution in [3.05, 3.63) is 23.8 Å². The number of hydrogen-bond acceptors (Lipinski definition) is 4. The molecule has 1 aromatic heterocycles. The Labute approximate surface area is 72.3 Å². The fourth-order valence-corrected chi connectivity index (χ4v) is 0.731. The molecule has 0 unspecified atom stereocenters. The van der Waals surface area contributed by atoms with E-state index in [1.165, 1.54) is 0 Å². The monoisotopic (exact) mass is 184 g/mol. The van der Waals surface area contributed by atoms with Gasteiger partial charge in [-0.1, -0.05) is 0 Å². The van der Waals surface area contributed by atoms with Gasteiger partial charge in [-0.3, -0.25) is 9.78 Å². The summed E-state index contributed by atoms with van der Waals surface area (Å²) >= 11 is 0. The Morgan fingerprint density at radius 3 is 2.85 bits per heavy atom. The van der Waals surface area contributed by atoms with E-state index in [0.717, 1.165) is 12.4 Å². The van der Waals surface area contributed by atoms with Crippen LogP contribution in [-0.4, -0.2) is 17.4 Å². The van der Waals surface area contributed by atoms with Crippen molar-refractivity contribution in [3.63, 3.8) is 0 Å². The van der Waals surface area contributed by atoms with Crippen LogP contribution in [0.1, 0.15) is 10.4 Å². The van der Waals surface area contributed by atoms with Crippen LogP contribution in [0, 0.1) is 5.82 Å². The minimum atomic E-state index is -1.13. The average molecular weight is 184 g/mol. The van der Waals surface area contributed by atoms with Crippen LogP contribution in [0.15, 0.2) is 12.4 Å². The number of ether oxygens (including phenoxy) is 1. The molecule has 0 saturated carbocycles. The number of amides is 1. The van der Waals surface area contributed by atoms with Crippen molar-refractivity contribution in [1.82, 2.24) is 4.98 Å². The maximum atomic E-state index is 12.8. The van der Waals surface area contributed by atoms with Crippen LogP contribution < -0.4 is 10.5 Å². The molecule has 0 bridgehead atoms. The SMILES string of the molecule is NC(=O)Oc1cncc(F)c1C=O. The number of hydrogen-bond donors (Lipinski definition) is 1. The molecule has 0 aliphatic heterocycles. The average Bonchev–Trinajstić information content (AvgIpc) is 2.03. The molecule has 1 amide bonds. The van der Waals surface area contributed by atoms with Crippen molar-refractivity contribution >= 4 is 12.4 Å². The largest absolute Gasteiger partial charge is 0.410 e. The Morgan fingerprint density at radius 2 is 2.31 bits per heavy atom. The molecule has 6 heteroatoms. The summed E-state index contributed by atoms with van der Waals surface area (Å²) in [7, 11) is 0. The second kappa shape index (κ2) is 3.61. The molecule has 2 N–H and O–H groups in total. The summed E-state index contributed by atoms with van der Waals surface area (Å²) in [6.07, 6.45) is 0.945. The van der Waals surface area contributed by atoms with Crippen molar-refractivity contribution in [1.29, 1.82) is 0 Å². The Balaban J connectivity index is 3.12. The molecule has 1 heterocycles. The molecule has 5 nitrogen and oxygen atoms in total. The third kappa shape index (κ3) is 1.98. The lowest BCUT2D eigenvalue weighted by molar-refractivity contribution is 0.111. The molecule has 0 aromatic carbocycles. The molecular weight excluding hydrogens is 179 g/mol. The zero-order valence-corrected chi connectivity index (χ0v) is 6.36. The lowest BCUT2D eigenvalue weighted by atomic mass is 10.2. The van der Waals surface area contributed by atoms with Gasteiger partial charge in [-0.25, -0.2) is 9.18 Å². The molecule has 1 aromatic rings. The van der Waals surface area contributed by atoms with Gasteiger partial charge in [0.05, 0.1) is 18.0 Å². The van der Waals surface area contributed by atoms with E-state index in [-0.39, 0.29) is 17.6 Å². The summed E-state index contributed by atoms with van der Waals surface area (Å²) in [5.74, 6) is -1.16. The van der Waals surface area contributed by atoms with Crippen molar-refractivity contribution in [3.8, 4) is 5.75 Å². The van der Waals surface area contributed by atoms with E-state index in [4.69, 9.17) is 0 Å². The molecule has 0 fully saturated rings. The van der Waals surface area contributed by atoms with Crippen molar-refractivity contribution in [2.45, 2.75) is 0 Å². The summed E-state index contributed by atoms with van der Waals surface area (Å²) in [4.78, 5) is 24.0. The highest BCUT2D eigenvalue weighted by atomic mass is 19.1. The maximum absolute atomic E-state index is 12.8. The summed E-state index contributed by atoms with van der Waals surface area (Å²) in [6, 6.07) is 0. The maximum Gasteiger partial charge on any atom is 0.410 e. The predicted molar refractivity (Wildman–Crippen MR) is 39.8 cm³/mol. The van der Waals surface area contributed by atoms with Gasteiger partial charge in [-0.15, -0.1) is 0 Å². The zero-order valence-electron chi connectivity index (χ0n) is 6.36. The minimum absolute atomic E-state index is 0.218. The molecule has 0 spiro atoms. The van der Waals surface area contributed by atoms with Crippen molar-refractivity contribution in [2.75, 3.05) is 0 Å². The first kappa shape index (κ1) is 9.11. The number of nitrogens with two attached hydrogens (primary N) is 1. The normalized spacial score (nSPS) is 9.31. The van der Waals surface area contributed by atoms with E-state index in [0.29, 0.717) is 0 Å².